The summed E-state index contributed by atoms with van der Waals surface area (Å²) in [6.07, 6.45) is 2.72. The average molecular weight is 504 g/mol. The van der Waals surface area contributed by atoms with E-state index in [9.17, 15) is 23.1 Å². The van der Waals surface area contributed by atoms with Crippen LogP contribution < -0.4 is 4.72 Å². The highest BCUT2D eigenvalue weighted by atomic mass is 35.5. The highest BCUT2D eigenvalue weighted by Crippen LogP contribution is 2.37. The van der Waals surface area contributed by atoms with Crippen LogP contribution in [0.3, 0.4) is 0 Å². The molecule has 2 N–H and O–H groups in total. The maximum atomic E-state index is 13.0. The number of hydrogen-bond acceptors (Lipinski definition) is 5. The fraction of sp³-hybridized carbons (Fsp3) is 0.417. The summed E-state index contributed by atoms with van der Waals surface area (Å²) in [5.74, 6) is -0.475. The number of carbonyl (C=O) groups excluding carboxylic acids is 2. The van der Waals surface area contributed by atoms with E-state index in [1.54, 1.807) is 52.3 Å². The van der Waals surface area contributed by atoms with Crippen molar-refractivity contribution in [3.8, 4) is 11.1 Å². The van der Waals surface area contributed by atoms with Crippen LogP contribution in [0.4, 0.5) is 0 Å². The maximum Gasteiger partial charge on any atom is 0.255 e. The molecule has 2 aromatic carbocycles. The number of carbonyl (C=O) groups is 2. The van der Waals surface area contributed by atoms with E-state index in [0.717, 1.165) is 12.8 Å². The lowest BCUT2D eigenvalue weighted by Crippen LogP contribution is -2.53. The molecule has 2 aliphatic carbocycles. The maximum absolute atomic E-state index is 13.0. The Morgan fingerprint density at radius 1 is 0.971 bits per heavy atom. The lowest BCUT2D eigenvalue weighted by Gasteiger charge is -2.36. The number of nitrogens with zero attached hydrogens (tertiary/aromatic N) is 2. The van der Waals surface area contributed by atoms with Crippen molar-refractivity contribution in [1.82, 2.24) is 14.5 Å². The topological polar surface area (TPSA) is 107 Å². The molecule has 1 heterocycles. The van der Waals surface area contributed by atoms with Crippen LogP contribution in [0.25, 0.3) is 11.1 Å². The van der Waals surface area contributed by atoms with Gasteiger partial charge in [-0.1, -0.05) is 29.8 Å². The quantitative estimate of drug-likeness (QED) is 0.628. The molecule has 3 fully saturated rings. The first kappa shape index (κ1) is 23.3. The van der Waals surface area contributed by atoms with Crippen molar-refractivity contribution in [2.45, 2.75) is 42.2 Å². The minimum Gasteiger partial charge on any atom is -0.380 e. The van der Waals surface area contributed by atoms with Crippen LogP contribution in [0, 0.1) is 0 Å². The number of sulfonamides is 1. The van der Waals surface area contributed by atoms with Crippen molar-refractivity contribution in [3.63, 3.8) is 0 Å². The predicted octanol–water partition coefficient (Wildman–Crippen LogP) is 2.26. The number of aliphatic hydroxyl groups is 1. The molecule has 0 aromatic heterocycles. The zero-order valence-corrected chi connectivity index (χ0v) is 20.1. The highest BCUT2D eigenvalue weighted by molar-refractivity contribution is 7.89. The van der Waals surface area contributed by atoms with E-state index < -0.39 is 15.6 Å². The number of nitrogens with one attached hydrogen (secondary N) is 1. The van der Waals surface area contributed by atoms with Gasteiger partial charge in [0.25, 0.3) is 11.8 Å². The Bertz CT molecular complexity index is 1250. The van der Waals surface area contributed by atoms with Gasteiger partial charge in [-0.05, 0) is 61.1 Å². The Kier molecular flexibility index (Phi) is 5.92. The summed E-state index contributed by atoms with van der Waals surface area (Å²) in [5.41, 5.74) is 0.545. The van der Waals surface area contributed by atoms with E-state index in [1.807, 2.05) is 0 Å². The fourth-order valence-electron chi connectivity index (χ4n) is 4.11. The van der Waals surface area contributed by atoms with Gasteiger partial charge in [0.1, 0.15) is 5.60 Å². The van der Waals surface area contributed by atoms with E-state index in [0.29, 0.717) is 55.7 Å². The summed E-state index contributed by atoms with van der Waals surface area (Å²) in [4.78, 5) is 28.8. The molecule has 2 amide bonds. The molecule has 10 heteroatoms. The first-order valence-electron chi connectivity index (χ1n) is 11.4. The molecule has 1 saturated heterocycles. The van der Waals surface area contributed by atoms with Gasteiger partial charge in [-0.15, -0.1) is 0 Å². The second-order valence-corrected chi connectivity index (χ2v) is 11.4. The number of amides is 2. The summed E-state index contributed by atoms with van der Waals surface area (Å²) in [7, 11) is -3.58. The molecule has 34 heavy (non-hydrogen) atoms. The van der Waals surface area contributed by atoms with Crippen molar-refractivity contribution in [2.75, 3.05) is 26.2 Å². The number of piperazine rings is 1. The van der Waals surface area contributed by atoms with Gasteiger partial charge in [0, 0.05) is 32.2 Å². The lowest BCUT2D eigenvalue weighted by molar-refractivity contribution is -0.143. The van der Waals surface area contributed by atoms with E-state index in [1.165, 1.54) is 0 Å². The van der Waals surface area contributed by atoms with Gasteiger partial charge in [-0.2, -0.15) is 0 Å². The highest BCUT2D eigenvalue weighted by Gasteiger charge is 2.50. The van der Waals surface area contributed by atoms with E-state index >= 15 is 0 Å². The van der Waals surface area contributed by atoms with Crippen LogP contribution in [0.2, 0.25) is 5.02 Å². The van der Waals surface area contributed by atoms with E-state index in [2.05, 4.69) is 4.72 Å². The summed E-state index contributed by atoms with van der Waals surface area (Å²) in [5, 5.41) is 10.3. The van der Waals surface area contributed by atoms with Gasteiger partial charge < -0.3 is 14.9 Å². The van der Waals surface area contributed by atoms with Crippen LogP contribution in [0.15, 0.2) is 47.4 Å². The number of rotatable bonds is 6. The van der Waals surface area contributed by atoms with E-state index in [4.69, 9.17) is 11.6 Å². The minimum atomic E-state index is -3.58. The Hall–Kier alpha value is -2.46. The van der Waals surface area contributed by atoms with Gasteiger partial charge in [-0.3, -0.25) is 9.59 Å². The van der Waals surface area contributed by atoms with Crippen molar-refractivity contribution < 1.29 is 23.1 Å². The molecule has 0 spiro atoms. The molecule has 8 nitrogen and oxygen atoms in total. The molecule has 5 rings (SSSR count). The molecular formula is C24H26ClN3O5S. The van der Waals surface area contributed by atoms with Gasteiger partial charge in [0.05, 0.1) is 15.5 Å². The zero-order chi connectivity index (χ0) is 24.1. The molecule has 3 aliphatic rings. The van der Waals surface area contributed by atoms with Crippen molar-refractivity contribution in [1.29, 1.82) is 0 Å². The summed E-state index contributed by atoms with van der Waals surface area (Å²) >= 11 is 6.47. The first-order valence-corrected chi connectivity index (χ1v) is 13.3. The van der Waals surface area contributed by atoms with Crippen LogP contribution >= 0.6 is 11.6 Å². The number of halogens is 1. The Balaban J connectivity index is 1.28. The Morgan fingerprint density at radius 3 is 2.24 bits per heavy atom. The second kappa shape index (κ2) is 8.64. The van der Waals surface area contributed by atoms with Crippen LogP contribution in [-0.4, -0.2) is 73.0 Å². The normalized spacial score (nSPS) is 19.7. The largest absolute Gasteiger partial charge is 0.380 e. The third-order valence-corrected chi connectivity index (χ3v) is 8.38. The molecule has 180 valence electrons. The van der Waals surface area contributed by atoms with Crippen molar-refractivity contribution >= 4 is 33.4 Å². The molecule has 2 aromatic rings. The molecule has 2 saturated carbocycles. The van der Waals surface area contributed by atoms with Crippen LogP contribution in [0.1, 0.15) is 36.0 Å². The smallest absolute Gasteiger partial charge is 0.255 e. The zero-order valence-electron chi connectivity index (χ0n) is 18.5. The molecule has 1 aliphatic heterocycles. The van der Waals surface area contributed by atoms with Gasteiger partial charge in [-0.25, -0.2) is 13.1 Å². The third-order valence-electron chi connectivity index (χ3n) is 6.55. The third kappa shape index (κ3) is 4.70. The molecule has 0 atom stereocenters. The predicted molar refractivity (Wildman–Crippen MR) is 127 cm³/mol. The molecule has 0 unspecified atom stereocenters. The molecular weight excluding hydrogens is 478 g/mol. The summed E-state index contributed by atoms with van der Waals surface area (Å²) in [6.45, 7) is 1.48. The molecule has 0 radical (unpaired) electrons. The van der Waals surface area contributed by atoms with Gasteiger partial charge in [0.15, 0.2) is 0 Å². The monoisotopic (exact) mass is 503 g/mol. The minimum absolute atomic E-state index is 0.0202. The van der Waals surface area contributed by atoms with Crippen molar-refractivity contribution in [2.24, 2.45) is 0 Å². The standard InChI is InChI=1S/C24H26ClN3O5S/c25-21-15-17(16-2-1-3-19(14-16)34(32,33)26-18-5-6-18)4-7-20(21)22(29)27-10-12-28(13-11-27)23(30)24(31)8-9-24/h1-4,7,14-15,18,26,31H,5-6,8-13H2. The second-order valence-electron chi connectivity index (χ2n) is 9.23. The lowest BCUT2D eigenvalue weighted by atomic mass is 10.0. The number of hydrogen-bond donors (Lipinski definition) is 2. The number of benzene rings is 2. The Labute approximate surface area is 203 Å². The Morgan fingerprint density at radius 2 is 1.62 bits per heavy atom. The summed E-state index contributed by atoms with van der Waals surface area (Å²) in [6, 6.07) is 11.7. The van der Waals surface area contributed by atoms with Crippen LogP contribution in [-0.2, 0) is 14.8 Å². The fourth-order valence-corrected chi connectivity index (χ4v) is 5.72. The van der Waals surface area contributed by atoms with E-state index in [-0.39, 0.29) is 27.8 Å². The van der Waals surface area contributed by atoms with Crippen molar-refractivity contribution in [3.05, 3.63) is 53.1 Å². The first-order chi connectivity index (χ1) is 16.2. The molecule has 0 bridgehead atoms. The average Bonchev–Trinajstić information content (AvgIpc) is 3.77. The summed E-state index contributed by atoms with van der Waals surface area (Å²) < 4.78 is 27.8. The van der Waals surface area contributed by atoms with Gasteiger partial charge in [0.2, 0.25) is 10.0 Å². The van der Waals surface area contributed by atoms with Gasteiger partial charge >= 0.3 is 0 Å². The SMILES string of the molecule is O=C(c1ccc(-c2cccc(S(=O)(=O)NC3CC3)c2)cc1Cl)N1CCN(C(=O)C2(O)CC2)CC1. The van der Waals surface area contributed by atoms with Crippen LogP contribution in [0.5, 0.6) is 0 Å².